The molecule has 0 N–H and O–H groups in total. The van der Waals surface area contributed by atoms with E-state index >= 15 is 0 Å². The summed E-state index contributed by atoms with van der Waals surface area (Å²) in [5, 5.41) is 0. The minimum Gasteiger partial charge on any atom is -0.486 e. The van der Waals surface area contributed by atoms with E-state index in [4.69, 9.17) is 9.47 Å². The molecule has 2 aliphatic carbocycles. The molecule has 2 fully saturated rings. The van der Waals surface area contributed by atoms with Crippen LogP contribution in [0.1, 0.15) is 91.2 Å². The number of para-hydroxylation sites is 2. The van der Waals surface area contributed by atoms with Gasteiger partial charge in [0.15, 0.2) is 0 Å². The van der Waals surface area contributed by atoms with Crippen LogP contribution in [0.3, 0.4) is 0 Å². The van der Waals surface area contributed by atoms with Crippen LogP contribution in [-0.4, -0.2) is 11.2 Å². The Morgan fingerprint density at radius 3 is 1.44 bits per heavy atom. The zero-order chi connectivity index (χ0) is 25.2. The van der Waals surface area contributed by atoms with Crippen molar-refractivity contribution in [3.05, 3.63) is 47.5 Å². The molecule has 2 aliphatic heterocycles. The Bertz CT molecular complexity index is 1040. The highest BCUT2D eigenvalue weighted by molar-refractivity contribution is 5.80. The lowest BCUT2D eigenvalue weighted by atomic mass is 9.65. The van der Waals surface area contributed by atoms with Gasteiger partial charge >= 0.3 is 0 Å². The van der Waals surface area contributed by atoms with E-state index in [1.807, 2.05) is 0 Å². The predicted molar refractivity (Wildman–Crippen MR) is 149 cm³/mol. The summed E-state index contributed by atoms with van der Waals surface area (Å²) in [6.45, 7) is 14.4. The van der Waals surface area contributed by atoms with E-state index in [1.54, 1.807) is 0 Å². The molecule has 0 unspecified atom stereocenters. The van der Waals surface area contributed by atoms with E-state index in [-0.39, 0.29) is 11.2 Å². The van der Waals surface area contributed by atoms with Crippen molar-refractivity contribution in [1.82, 2.24) is 0 Å². The fourth-order valence-corrected chi connectivity index (χ4v) is 8.90. The molecule has 194 valence electrons. The van der Waals surface area contributed by atoms with Gasteiger partial charge in [0.25, 0.3) is 0 Å². The van der Waals surface area contributed by atoms with Gasteiger partial charge in [0.05, 0.1) is 0 Å². The van der Waals surface area contributed by atoms with Crippen molar-refractivity contribution in [3.8, 4) is 22.6 Å². The van der Waals surface area contributed by atoms with E-state index in [9.17, 15) is 0 Å². The highest BCUT2D eigenvalue weighted by Crippen LogP contribution is 2.56. The maximum absolute atomic E-state index is 7.18. The van der Waals surface area contributed by atoms with Crippen LogP contribution in [0.5, 0.6) is 11.5 Å². The molecule has 0 aromatic heterocycles. The number of rotatable bonds is 3. The Balaban J connectivity index is 1.39. The van der Waals surface area contributed by atoms with Gasteiger partial charge in [-0.2, -0.15) is 0 Å². The second-order valence-corrected chi connectivity index (χ2v) is 13.7. The fourth-order valence-electron chi connectivity index (χ4n) is 8.90. The Labute approximate surface area is 219 Å². The largest absolute Gasteiger partial charge is 0.486 e. The van der Waals surface area contributed by atoms with Crippen molar-refractivity contribution in [2.75, 3.05) is 0 Å². The summed E-state index contributed by atoms with van der Waals surface area (Å²) >= 11 is 0. The third-order valence-electron chi connectivity index (χ3n) is 10.4. The summed E-state index contributed by atoms with van der Waals surface area (Å²) in [5.41, 5.74) is 5.17. The second kappa shape index (κ2) is 8.81. The Hall–Kier alpha value is -1.96. The van der Waals surface area contributed by atoms with Crippen LogP contribution in [0.15, 0.2) is 36.4 Å². The van der Waals surface area contributed by atoms with Crippen molar-refractivity contribution in [2.24, 2.45) is 35.5 Å². The van der Waals surface area contributed by atoms with E-state index in [0.29, 0.717) is 23.7 Å². The number of hydrogen-bond acceptors (Lipinski definition) is 2. The lowest BCUT2D eigenvalue weighted by Gasteiger charge is -2.45. The van der Waals surface area contributed by atoms with Crippen LogP contribution >= 0.6 is 0 Å². The zero-order valence-electron chi connectivity index (χ0n) is 23.4. The van der Waals surface area contributed by atoms with Crippen LogP contribution in [0.4, 0.5) is 0 Å². The van der Waals surface area contributed by atoms with Gasteiger partial charge in [-0.1, -0.05) is 90.8 Å². The molecular formula is C34H46O2. The lowest BCUT2D eigenvalue weighted by Crippen LogP contribution is -2.49. The molecule has 2 spiro atoms. The van der Waals surface area contributed by atoms with Crippen LogP contribution in [0.25, 0.3) is 11.1 Å². The molecule has 2 heteroatoms. The van der Waals surface area contributed by atoms with Gasteiger partial charge in [-0.3, -0.25) is 0 Å². The standard InChI is InChI=1S/C34H46O2/c1-21(2)29-15-13-23(5)17-33(29)19-25-9-7-11-27(31(25)35-33)28-12-8-10-26-20-34(36-32(26)28)18-24(6)14-16-30(34)22(3)4/h7-12,21-24,29-30H,13-20H2,1-6H3/t23-,24-,29+,30+,33+,34+/m1/s1. The molecule has 2 aromatic carbocycles. The maximum Gasteiger partial charge on any atom is 0.131 e. The van der Waals surface area contributed by atoms with Crippen LogP contribution in [-0.2, 0) is 12.8 Å². The van der Waals surface area contributed by atoms with Crippen molar-refractivity contribution in [3.63, 3.8) is 0 Å². The molecule has 6 atom stereocenters. The number of ether oxygens (including phenoxy) is 2. The van der Waals surface area contributed by atoms with Crippen molar-refractivity contribution in [2.45, 2.75) is 104 Å². The highest BCUT2D eigenvalue weighted by atomic mass is 16.5. The Morgan fingerprint density at radius 1 is 0.639 bits per heavy atom. The van der Waals surface area contributed by atoms with Gasteiger partial charge in [-0.15, -0.1) is 0 Å². The summed E-state index contributed by atoms with van der Waals surface area (Å²) in [4.78, 5) is 0. The van der Waals surface area contributed by atoms with Crippen LogP contribution in [0.2, 0.25) is 0 Å². The number of fused-ring (bicyclic) bond motifs is 2. The molecule has 0 bridgehead atoms. The number of hydrogen-bond donors (Lipinski definition) is 0. The van der Waals surface area contributed by atoms with Gasteiger partial charge in [0.1, 0.15) is 22.7 Å². The summed E-state index contributed by atoms with van der Waals surface area (Å²) in [5.74, 6) is 6.23. The predicted octanol–water partition coefficient (Wildman–Crippen LogP) is 8.89. The quantitative estimate of drug-likeness (QED) is 0.431. The van der Waals surface area contributed by atoms with Gasteiger partial charge in [-0.05, 0) is 60.5 Å². The van der Waals surface area contributed by atoms with Crippen molar-refractivity contribution < 1.29 is 9.47 Å². The highest BCUT2D eigenvalue weighted by Gasteiger charge is 2.52. The Morgan fingerprint density at radius 2 is 1.06 bits per heavy atom. The number of benzene rings is 2. The summed E-state index contributed by atoms with van der Waals surface area (Å²) in [6.07, 6.45) is 9.66. The summed E-state index contributed by atoms with van der Waals surface area (Å²) < 4.78 is 14.4. The summed E-state index contributed by atoms with van der Waals surface area (Å²) in [7, 11) is 0. The molecule has 2 nitrogen and oxygen atoms in total. The van der Waals surface area contributed by atoms with Crippen LogP contribution < -0.4 is 9.47 Å². The zero-order valence-corrected chi connectivity index (χ0v) is 23.4. The fraction of sp³-hybridized carbons (Fsp3) is 0.647. The van der Waals surface area contributed by atoms with Gasteiger partial charge < -0.3 is 9.47 Å². The third kappa shape index (κ3) is 3.81. The van der Waals surface area contributed by atoms with E-state index in [1.165, 1.54) is 60.8 Å². The molecule has 4 aliphatic rings. The molecule has 36 heavy (non-hydrogen) atoms. The lowest BCUT2D eigenvalue weighted by molar-refractivity contribution is -0.0429. The smallest absolute Gasteiger partial charge is 0.131 e. The summed E-state index contributed by atoms with van der Waals surface area (Å²) in [6, 6.07) is 13.7. The van der Waals surface area contributed by atoms with Crippen LogP contribution in [0, 0.1) is 35.5 Å². The van der Waals surface area contributed by atoms with Gasteiger partial charge in [0, 0.05) is 35.8 Å². The minimum absolute atomic E-state index is 0.0498. The average molecular weight is 487 g/mol. The molecule has 0 radical (unpaired) electrons. The van der Waals surface area contributed by atoms with E-state index in [2.05, 4.69) is 77.9 Å². The van der Waals surface area contributed by atoms with Crippen molar-refractivity contribution in [1.29, 1.82) is 0 Å². The van der Waals surface area contributed by atoms with E-state index < -0.39 is 0 Å². The molecular weight excluding hydrogens is 440 g/mol. The molecule has 0 saturated heterocycles. The first-order valence-corrected chi connectivity index (χ1v) is 14.8. The molecule has 2 aromatic rings. The first kappa shape index (κ1) is 24.4. The van der Waals surface area contributed by atoms with Gasteiger partial charge in [0.2, 0.25) is 0 Å². The molecule has 6 rings (SSSR count). The minimum atomic E-state index is -0.0498. The molecule has 0 amide bonds. The first-order chi connectivity index (χ1) is 17.2. The topological polar surface area (TPSA) is 18.5 Å². The molecule has 2 saturated carbocycles. The molecule has 2 heterocycles. The average Bonchev–Trinajstić information content (AvgIpc) is 3.35. The Kier molecular flexibility index (Phi) is 5.97. The third-order valence-corrected chi connectivity index (χ3v) is 10.4. The van der Waals surface area contributed by atoms with E-state index in [0.717, 1.165) is 36.2 Å². The SMILES string of the molecule is CC(C)[C@@H]1CC[C@@H](C)C[C@]12Cc1cccc(-c3cccc4c3O[C@]3(C4)C[C@H](C)CC[C@H]3C(C)C)c1O2. The first-order valence-electron chi connectivity index (χ1n) is 14.8. The van der Waals surface area contributed by atoms with Gasteiger partial charge in [-0.25, -0.2) is 0 Å². The maximum atomic E-state index is 7.18. The normalized spacial score (nSPS) is 35.2. The van der Waals surface area contributed by atoms with Crippen molar-refractivity contribution >= 4 is 0 Å². The monoisotopic (exact) mass is 486 g/mol. The second-order valence-electron chi connectivity index (χ2n) is 13.7.